The fourth-order valence-electron chi connectivity index (χ4n) is 5.99. The number of hydrogen-bond donors (Lipinski definition) is 2. The van der Waals surface area contributed by atoms with Crippen molar-refractivity contribution >= 4 is 29.5 Å². The molecule has 29 heavy (non-hydrogen) atoms. The lowest BCUT2D eigenvalue weighted by Gasteiger charge is -2.37. The van der Waals surface area contributed by atoms with Crippen LogP contribution in [-0.2, 0) is 19.1 Å². The van der Waals surface area contributed by atoms with Crippen LogP contribution in [0.25, 0.3) is 0 Å². The lowest BCUT2D eigenvalue weighted by atomic mass is 9.71. The molecule has 2 amide bonds. The van der Waals surface area contributed by atoms with Crippen LogP contribution in [0.4, 0.5) is 0 Å². The van der Waals surface area contributed by atoms with Crippen LogP contribution in [0.2, 0.25) is 0 Å². The third-order valence-electron chi connectivity index (χ3n) is 7.24. The van der Waals surface area contributed by atoms with Crippen molar-refractivity contribution in [2.24, 2.45) is 11.8 Å². The third kappa shape index (κ3) is 3.26. The molecular formula is C21H32N2O5S. The van der Waals surface area contributed by atoms with Crippen molar-refractivity contribution in [3.63, 3.8) is 0 Å². The highest BCUT2D eigenvalue weighted by atomic mass is 32.2. The average Bonchev–Trinajstić information content (AvgIpc) is 3.35. The molecule has 3 saturated heterocycles. The predicted molar refractivity (Wildman–Crippen MR) is 109 cm³/mol. The van der Waals surface area contributed by atoms with Gasteiger partial charge in [0.1, 0.15) is 6.04 Å². The van der Waals surface area contributed by atoms with Gasteiger partial charge in [0, 0.05) is 11.3 Å². The average molecular weight is 425 g/mol. The Bertz CT molecular complexity index is 682. The normalized spacial score (nSPS) is 37.5. The van der Waals surface area contributed by atoms with Crippen LogP contribution >= 0.6 is 11.8 Å². The number of nitrogens with one attached hydrogen (secondary N) is 1. The maximum absolute atomic E-state index is 13.5. The van der Waals surface area contributed by atoms with Crippen molar-refractivity contribution in [1.82, 2.24) is 10.2 Å². The summed E-state index contributed by atoms with van der Waals surface area (Å²) in [6.45, 7) is 3.61. The van der Waals surface area contributed by atoms with Crippen molar-refractivity contribution in [3.8, 4) is 0 Å². The van der Waals surface area contributed by atoms with E-state index in [0.717, 1.165) is 38.5 Å². The van der Waals surface area contributed by atoms with Crippen LogP contribution in [-0.4, -0.2) is 69.1 Å². The van der Waals surface area contributed by atoms with Gasteiger partial charge < -0.3 is 20.1 Å². The van der Waals surface area contributed by atoms with Crippen LogP contribution in [0, 0.1) is 11.8 Å². The molecule has 2 N–H and O–H groups in total. The van der Waals surface area contributed by atoms with Crippen molar-refractivity contribution in [2.45, 2.75) is 86.9 Å². The first-order valence-electron chi connectivity index (χ1n) is 11.0. The number of ether oxygens (including phenoxy) is 1. The van der Waals surface area contributed by atoms with Gasteiger partial charge >= 0.3 is 5.97 Å². The summed E-state index contributed by atoms with van der Waals surface area (Å²) in [7, 11) is 0. The summed E-state index contributed by atoms with van der Waals surface area (Å²) in [6, 6.07) is -0.955. The van der Waals surface area contributed by atoms with E-state index in [1.165, 1.54) is 6.42 Å². The number of hydrogen-bond acceptors (Lipinski definition) is 6. The number of carbonyl (C=O) groups is 3. The second kappa shape index (κ2) is 8.10. The molecule has 0 aromatic carbocycles. The van der Waals surface area contributed by atoms with E-state index in [1.54, 1.807) is 30.5 Å². The largest absolute Gasteiger partial charge is 0.466 e. The Balaban J connectivity index is 1.66. The molecule has 4 rings (SSSR count). The van der Waals surface area contributed by atoms with Gasteiger partial charge in [-0.15, -0.1) is 11.8 Å². The Kier molecular flexibility index (Phi) is 5.86. The molecule has 4 aliphatic rings. The quantitative estimate of drug-likeness (QED) is 0.627. The number of likely N-dealkylation sites (tertiary alicyclic amines) is 1. The molecule has 0 aromatic rings. The number of thioether (sulfide) groups is 1. The fraction of sp³-hybridized carbons (Fsp3) is 0.857. The number of esters is 1. The topological polar surface area (TPSA) is 95.9 Å². The summed E-state index contributed by atoms with van der Waals surface area (Å²) in [4.78, 5) is 41.3. The molecule has 1 spiro atoms. The summed E-state index contributed by atoms with van der Waals surface area (Å²) in [5, 5.41) is 13.0. The van der Waals surface area contributed by atoms with Gasteiger partial charge in [-0.05, 0) is 39.5 Å². The van der Waals surface area contributed by atoms with Crippen molar-refractivity contribution in [2.75, 3.05) is 13.2 Å². The van der Waals surface area contributed by atoms with Crippen LogP contribution < -0.4 is 5.32 Å². The molecule has 0 radical (unpaired) electrons. The maximum atomic E-state index is 13.5. The standard InChI is InChI=1S/C21H32N2O5S/c1-3-28-20(27)15-14-9-10-21(29-14)16(15)19(26)23(12(2)11-24)17(21)18(25)22-13-7-5-4-6-8-13/h12-17,24H,3-11H2,1-2H3,(H,22,25)/t12-,14-,15+,16+,17?,21?/m1/s1. The SMILES string of the molecule is CCOC(=O)[C@@H]1[C@H]2C(=O)N([C@H](C)CO)C(C(=O)NC3CCCCC3)C23CC[C@H]1S3. The van der Waals surface area contributed by atoms with Gasteiger partial charge in [-0.1, -0.05) is 19.3 Å². The number of aliphatic hydroxyl groups is 1. The van der Waals surface area contributed by atoms with Crippen molar-refractivity contribution in [3.05, 3.63) is 0 Å². The molecule has 2 bridgehead atoms. The minimum atomic E-state index is -0.640. The van der Waals surface area contributed by atoms with Gasteiger partial charge in [0.05, 0.1) is 35.8 Å². The van der Waals surface area contributed by atoms with E-state index >= 15 is 0 Å². The van der Waals surface area contributed by atoms with E-state index in [-0.39, 0.29) is 42.3 Å². The van der Waals surface area contributed by atoms with Gasteiger partial charge in [-0.3, -0.25) is 14.4 Å². The van der Waals surface area contributed by atoms with E-state index in [0.29, 0.717) is 0 Å². The molecule has 2 unspecified atom stereocenters. The van der Waals surface area contributed by atoms with E-state index in [1.807, 2.05) is 0 Å². The summed E-state index contributed by atoms with van der Waals surface area (Å²) < 4.78 is 4.70. The molecule has 4 fully saturated rings. The number of fused-ring (bicyclic) bond motifs is 1. The Morgan fingerprint density at radius 1 is 1.31 bits per heavy atom. The zero-order valence-corrected chi connectivity index (χ0v) is 18.1. The monoisotopic (exact) mass is 424 g/mol. The minimum absolute atomic E-state index is 0.0274. The predicted octanol–water partition coefficient (Wildman–Crippen LogP) is 1.47. The number of nitrogens with zero attached hydrogens (tertiary/aromatic N) is 1. The highest BCUT2D eigenvalue weighted by molar-refractivity contribution is 8.02. The van der Waals surface area contributed by atoms with Crippen LogP contribution in [0.5, 0.6) is 0 Å². The molecular weight excluding hydrogens is 392 g/mol. The van der Waals surface area contributed by atoms with E-state index in [4.69, 9.17) is 4.74 Å². The number of amides is 2. The molecule has 1 saturated carbocycles. The van der Waals surface area contributed by atoms with Gasteiger partial charge in [-0.2, -0.15) is 0 Å². The zero-order valence-electron chi connectivity index (χ0n) is 17.3. The number of carbonyl (C=O) groups excluding carboxylic acids is 3. The molecule has 7 nitrogen and oxygen atoms in total. The van der Waals surface area contributed by atoms with E-state index in [2.05, 4.69) is 5.32 Å². The summed E-state index contributed by atoms with van der Waals surface area (Å²) in [6.07, 6.45) is 6.92. The lowest BCUT2D eigenvalue weighted by molar-refractivity contribution is -0.154. The van der Waals surface area contributed by atoms with Gasteiger partial charge in [0.25, 0.3) is 0 Å². The molecule has 162 valence electrons. The summed E-state index contributed by atoms with van der Waals surface area (Å²) in [5.41, 5.74) is 0. The second-order valence-corrected chi connectivity index (χ2v) is 10.5. The molecule has 3 aliphatic heterocycles. The molecule has 6 atom stereocenters. The van der Waals surface area contributed by atoms with Gasteiger partial charge in [0.2, 0.25) is 11.8 Å². The first kappa shape index (κ1) is 21.0. The summed E-state index contributed by atoms with van der Waals surface area (Å²) >= 11 is 1.64. The first-order valence-corrected chi connectivity index (χ1v) is 11.9. The van der Waals surface area contributed by atoms with Crippen LogP contribution in [0.1, 0.15) is 58.8 Å². The molecule has 8 heteroatoms. The Hall–Kier alpha value is -1.28. The van der Waals surface area contributed by atoms with E-state index in [9.17, 15) is 19.5 Å². The minimum Gasteiger partial charge on any atom is -0.466 e. The smallest absolute Gasteiger partial charge is 0.310 e. The van der Waals surface area contributed by atoms with Crippen molar-refractivity contribution in [1.29, 1.82) is 0 Å². The van der Waals surface area contributed by atoms with E-state index < -0.39 is 28.7 Å². The number of aliphatic hydroxyl groups excluding tert-OH is 1. The molecule has 1 aliphatic carbocycles. The lowest BCUT2D eigenvalue weighted by Crippen LogP contribution is -2.57. The first-order chi connectivity index (χ1) is 13.9. The van der Waals surface area contributed by atoms with Gasteiger partial charge in [-0.25, -0.2) is 0 Å². The Morgan fingerprint density at radius 2 is 2.03 bits per heavy atom. The van der Waals surface area contributed by atoms with Gasteiger partial charge in [0.15, 0.2) is 0 Å². The van der Waals surface area contributed by atoms with Crippen molar-refractivity contribution < 1.29 is 24.2 Å². The second-order valence-electron chi connectivity index (χ2n) is 8.93. The maximum Gasteiger partial charge on any atom is 0.310 e. The third-order valence-corrected chi connectivity index (χ3v) is 9.19. The zero-order chi connectivity index (χ0) is 20.8. The Morgan fingerprint density at radius 3 is 2.69 bits per heavy atom. The highest BCUT2D eigenvalue weighted by Crippen LogP contribution is 2.66. The Labute approximate surface area is 176 Å². The van der Waals surface area contributed by atoms with Crippen LogP contribution in [0.15, 0.2) is 0 Å². The summed E-state index contributed by atoms with van der Waals surface area (Å²) in [5.74, 6) is -1.66. The highest BCUT2D eigenvalue weighted by Gasteiger charge is 2.74. The van der Waals surface area contributed by atoms with Crippen LogP contribution in [0.3, 0.4) is 0 Å². The fourth-order valence-corrected chi connectivity index (χ4v) is 8.18. The number of rotatable bonds is 6. The molecule has 0 aromatic heterocycles. The molecule has 3 heterocycles.